The molecule has 1 fully saturated rings. The highest BCUT2D eigenvalue weighted by Gasteiger charge is 2.50. The molecule has 42 heavy (non-hydrogen) atoms. The molecular weight excluding hydrogens is 576 g/mol. The van der Waals surface area contributed by atoms with E-state index in [9.17, 15) is 18.0 Å². The molecule has 1 saturated heterocycles. The number of amides is 3. The second kappa shape index (κ2) is 11.0. The summed E-state index contributed by atoms with van der Waals surface area (Å²) < 4.78 is 34.5. The molecule has 1 unspecified atom stereocenters. The molecule has 6 rings (SSSR count). The van der Waals surface area contributed by atoms with Crippen LogP contribution < -0.4 is 19.7 Å². The van der Waals surface area contributed by atoms with Gasteiger partial charge in [-0.2, -0.15) is 0 Å². The van der Waals surface area contributed by atoms with Gasteiger partial charge in [-0.05, 0) is 48.2 Å². The van der Waals surface area contributed by atoms with Gasteiger partial charge in [0.1, 0.15) is 10.3 Å². The third-order valence-corrected chi connectivity index (χ3v) is 10.2. The zero-order valence-corrected chi connectivity index (χ0v) is 24.8. The number of carbonyl (C=O) groups is 2. The van der Waals surface area contributed by atoms with Crippen LogP contribution in [0.25, 0.3) is 10.3 Å². The highest BCUT2D eigenvalue weighted by atomic mass is 32.2. The number of anilines is 2. The zero-order chi connectivity index (χ0) is 29.5. The topological polar surface area (TPSA) is 134 Å². The molecule has 0 aliphatic carbocycles. The number of aromatic nitrogens is 2. The molecule has 2 aliphatic rings. The Hall–Kier alpha value is -4.07. The monoisotopic (exact) mass is 606 g/mol. The van der Waals surface area contributed by atoms with Crippen LogP contribution in [-0.4, -0.2) is 68.5 Å². The van der Waals surface area contributed by atoms with Gasteiger partial charge in [0.25, 0.3) is 0 Å². The van der Waals surface area contributed by atoms with Crippen molar-refractivity contribution in [2.24, 2.45) is 0 Å². The second-order valence-corrected chi connectivity index (χ2v) is 13.2. The van der Waals surface area contributed by atoms with Crippen LogP contribution in [0.2, 0.25) is 0 Å². The van der Waals surface area contributed by atoms with Gasteiger partial charge in [0.2, 0.25) is 21.8 Å². The molecule has 2 aliphatic heterocycles. The Morgan fingerprint density at radius 3 is 2.62 bits per heavy atom. The molecule has 4 aromatic rings. The number of fused-ring (bicyclic) bond motifs is 3. The van der Waals surface area contributed by atoms with Gasteiger partial charge in [-0.1, -0.05) is 41.7 Å². The van der Waals surface area contributed by atoms with Gasteiger partial charge in [0.05, 0.1) is 12.0 Å². The van der Waals surface area contributed by atoms with Crippen molar-refractivity contribution in [3.8, 4) is 5.88 Å². The van der Waals surface area contributed by atoms with Gasteiger partial charge >= 0.3 is 6.03 Å². The molecule has 218 valence electrons. The van der Waals surface area contributed by atoms with E-state index in [1.807, 2.05) is 30.3 Å². The molecule has 0 radical (unpaired) electrons. The van der Waals surface area contributed by atoms with E-state index >= 15 is 0 Å². The maximum atomic E-state index is 13.6. The van der Waals surface area contributed by atoms with E-state index in [1.165, 1.54) is 31.4 Å². The minimum Gasteiger partial charge on any atom is -0.481 e. The summed E-state index contributed by atoms with van der Waals surface area (Å²) >= 11 is 1.23. The third-order valence-electron chi connectivity index (χ3n) is 7.85. The van der Waals surface area contributed by atoms with Crippen LogP contribution >= 0.6 is 11.3 Å². The molecule has 2 N–H and O–H groups in total. The molecular formula is C29H30N6O5S2. The van der Waals surface area contributed by atoms with Crippen molar-refractivity contribution < 1.29 is 22.7 Å². The summed E-state index contributed by atoms with van der Waals surface area (Å²) in [6.45, 7) is 3.01. The summed E-state index contributed by atoms with van der Waals surface area (Å²) in [5, 5.41) is 3.27. The SMILES string of the molecule is COc1ccc2nc(NC(=O)N3CC4(CCN(C(C)=O)C4)c4cc(S(=O)(=O)NCCc5ccccc5)ccc43)sc2n1. The number of thiazole rings is 1. The number of methoxy groups -OCH3 is 1. The fourth-order valence-corrected chi connectivity index (χ4v) is 7.55. The van der Waals surface area contributed by atoms with Gasteiger partial charge in [0.15, 0.2) is 5.13 Å². The predicted molar refractivity (Wildman–Crippen MR) is 161 cm³/mol. The van der Waals surface area contributed by atoms with Crippen molar-refractivity contribution in [2.75, 3.05) is 43.5 Å². The van der Waals surface area contributed by atoms with Gasteiger partial charge in [-0.15, -0.1) is 0 Å². The summed E-state index contributed by atoms with van der Waals surface area (Å²) in [6.07, 6.45) is 1.17. The molecule has 2 aromatic heterocycles. The number of ether oxygens (including phenoxy) is 1. The predicted octanol–water partition coefficient (Wildman–Crippen LogP) is 3.76. The van der Waals surface area contributed by atoms with Gasteiger partial charge in [0, 0.05) is 50.3 Å². The minimum absolute atomic E-state index is 0.0555. The Labute approximate surface area is 247 Å². The first-order valence-corrected chi connectivity index (χ1v) is 15.8. The van der Waals surface area contributed by atoms with Crippen LogP contribution in [0.5, 0.6) is 5.88 Å². The number of sulfonamides is 1. The van der Waals surface area contributed by atoms with E-state index < -0.39 is 21.5 Å². The molecule has 3 amide bonds. The summed E-state index contributed by atoms with van der Waals surface area (Å²) in [5.41, 5.74) is 2.44. The lowest BCUT2D eigenvalue weighted by Crippen LogP contribution is -2.41. The maximum absolute atomic E-state index is 13.6. The number of urea groups is 1. The van der Waals surface area contributed by atoms with Gasteiger partial charge in [-0.25, -0.2) is 27.9 Å². The number of benzene rings is 2. The van der Waals surface area contributed by atoms with Crippen molar-refractivity contribution in [3.05, 3.63) is 71.8 Å². The zero-order valence-electron chi connectivity index (χ0n) is 23.2. The van der Waals surface area contributed by atoms with Gasteiger partial charge < -0.3 is 9.64 Å². The number of rotatable bonds is 7. The van der Waals surface area contributed by atoms with Crippen molar-refractivity contribution in [1.82, 2.24) is 19.6 Å². The maximum Gasteiger partial charge on any atom is 0.328 e. The summed E-state index contributed by atoms with van der Waals surface area (Å²) in [6, 6.07) is 17.6. The average molecular weight is 607 g/mol. The number of pyridine rings is 1. The number of hydrogen-bond acceptors (Lipinski definition) is 8. The Morgan fingerprint density at radius 1 is 1.07 bits per heavy atom. The van der Waals surface area contributed by atoms with Crippen molar-refractivity contribution in [2.45, 2.75) is 30.1 Å². The van der Waals surface area contributed by atoms with Crippen LogP contribution in [0.4, 0.5) is 15.6 Å². The first-order chi connectivity index (χ1) is 20.2. The quantitative estimate of drug-likeness (QED) is 0.327. The Morgan fingerprint density at radius 2 is 1.88 bits per heavy atom. The molecule has 13 heteroatoms. The molecule has 4 heterocycles. The smallest absolute Gasteiger partial charge is 0.328 e. The van der Waals surface area contributed by atoms with Crippen LogP contribution in [0.1, 0.15) is 24.5 Å². The third kappa shape index (κ3) is 5.30. The number of likely N-dealkylation sites (tertiary alicyclic amines) is 1. The molecule has 1 atom stereocenters. The van der Waals surface area contributed by atoms with Crippen molar-refractivity contribution >= 4 is 54.5 Å². The van der Waals surface area contributed by atoms with Crippen LogP contribution in [0, 0.1) is 0 Å². The lowest BCUT2D eigenvalue weighted by Gasteiger charge is -2.25. The largest absolute Gasteiger partial charge is 0.481 e. The van der Waals surface area contributed by atoms with E-state index in [1.54, 1.807) is 34.1 Å². The first-order valence-electron chi connectivity index (χ1n) is 13.5. The van der Waals surface area contributed by atoms with E-state index in [2.05, 4.69) is 20.0 Å². The van der Waals surface area contributed by atoms with E-state index in [4.69, 9.17) is 4.74 Å². The van der Waals surface area contributed by atoms with Crippen LogP contribution in [-0.2, 0) is 26.7 Å². The standard InChI is InChI=1S/C29H30N6O5S2/c1-19(36)34-15-13-29(17-34)18-35(28(37)33-27-31-23-9-11-25(40-2)32-26(23)41-27)24-10-8-21(16-22(24)29)42(38,39)30-14-12-20-6-4-3-5-7-20/h3-11,16,30H,12-15,17-18H2,1-2H3,(H,31,33,37). The van der Waals surface area contributed by atoms with Crippen LogP contribution in [0.15, 0.2) is 65.6 Å². The number of hydrogen-bond donors (Lipinski definition) is 2. The summed E-state index contributed by atoms with van der Waals surface area (Å²) in [5.74, 6) is 0.399. The Kier molecular flexibility index (Phi) is 7.33. The van der Waals surface area contributed by atoms with Crippen molar-refractivity contribution in [1.29, 1.82) is 0 Å². The molecule has 11 nitrogen and oxygen atoms in total. The molecule has 0 saturated carbocycles. The second-order valence-electron chi connectivity index (χ2n) is 10.5. The molecule has 2 aromatic carbocycles. The lowest BCUT2D eigenvalue weighted by atomic mass is 9.81. The van der Waals surface area contributed by atoms with Crippen LogP contribution in [0.3, 0.4) is 0 Å². The lowest BCUT2D eigenvalue weighted by molar-refractivity contribution is -0.127. The fraction of sp³-hybridized carbons (Fsp3) is 0.310. The Bertz CT molecular complexity index is 1780. The number of nitrogens with zero attached hydrogens (tertiary/aromatic N) is 4. The van der Waals surface area contributed by atoms with E-state index in [0.29, 0.717) is 59.5 Å². The highest BCUT2D eigenvalue weighted by Crippen LogP contribution is 2.47. The summed E-state index contributed by atoms with van der Waals surface area (Å²) in [7, 11) is -2.28. The Balaban J connectivity index is 1.27. The molecule has 0 bridgehead atoms. The number of nitrogens with one attached hydrogen (secondary N) is 2. The molecule has 1 spiro atoms. The van der Waals surface area contributed by atoms with E-state index in [0.717, 1.165) is 11.1 Å². The normalized spacial score (nSPS) is 18.0. The summed E-state index contributed by atoms with van der Waals surface area (Å²) in [4.78, 5) is 38.8. The first kappa shape index (κ1) is 28.1. The fourth-order valence-electron chi connectivity index (χ4n) is 5.67. The van der Waals surface area contributed by atoms with E-state index in [-0.39, 0.29) is 17.3 Å². The minimum atomic E-state index is -3.81. The number of carbonyl (C=O) groups excluding carboxylic acids is 2. The van der Waals surface area contributed by atoms with Gasteiger partial charge in [-0.3, -0.25) is 15.0 Å². The average Bonchev–Trinajstić information content (AvgIpc) is 3.68. The highest BCUT2D eigenvalue weighted by molar-refractivity contribution is 7.89. The van der Waals surface area contributed by atoms with Crippen molar-refractivity contribution in [3.63, 3.8) is 0 Å².